The van der Waals surface area contributed by atoms with Crippen molar-refractivity contribution >= 4 is 40.5 Å². The third-order valence-electron chi connectivity index (χ3n) is 4.43. The fourth-order valence-corrected chi connectivity index (χ4v) is 4.73. The normalized spacial score (nSPS) is 12.5. The number of thiophene rings is 1. The molecule has 4 rings (SSSR count). The molecule has 0 N–H and O–H groups in total. The molecule has 0 spiro atoms. The van der Waals surface area contributed by atoms with Gasteiger partial charge in [0.25, 0.3) is 0 Å². The number of benzene rings is 1. The highest BCUT2D eigenvalue weighted by molar-refractivity contribution is 7.21. The van der Waals surface area contributed by atoms with Gasteiger partial charge < -0.3 is 4.74 Å². The highest BCUT2D eigenvalue weighted by Gasteiger charge is 2.14. The molecular formula is C19H23FN4OSSi. The van der Waals surface area contributed by atoms with Crippen molar-refractivity contribution in [3.8, 4) is 10.4 Å². The second kappa shape index (κ2) is 6.85. The van der Waals surface area contributed by atoms with Crippen LogP contribution in [0.15, 0.2) is 30.6 Å². The van der Waals surface area contributed by atoms with Gasteiger partial charge in [-0.05, 0) is 29.8 Å². The first-order valence-electron chi connectivity index (χ1n) is 8.96. The molecule has 0 radical (unpaired) electrons. The molecule has 5 nitrogen and oxygen atoms in total. The van der Waals surface area contributed by atoms with E-state index in [-0.39, 0.29) is 5.82 Å². The molecule has 0 saturated carbocycles. The van der Waals surface area contributed by atoms with Gasteiger partial charge in [0.15, 0.2) is 5.82 Å². The summed E-state index contributed by atoms with van der Waals surface area (Å²) in [7, 11) is 0.727. The summed E-state index contributed by atoms with van der Waals surface area (Å²) in [6, 6.07) is 6.73. The Balaban J connectivity index is 1.52. The number of fused-ring (bicyclic) bond motifs is 2. The Morgan fingerprint density at radius 1 is 1.11 bits per heavy atom. The predicted molar refractivity (Wildman–Crippen MR) is 111 cm³/mol. The minimum atomic E-state index is -1.07. The Labute approximate surface area is 162 Å². The summed E-state index contributed by atoms with van der Waals surface area (Å²) in [5.74, 6) is -0.296. The average Bonchev–Trinajstić information content (AvgIpc) is 3.22. The third kappa shape index (κ3) is 3.97. The number of rotatable bonds is 6. The lowest BCUT2D eigenvalue weighted by atomic mass is 10.1. The zero-order valence-corrected chi connectivity index (χ0v) is 17.8. The number of hydrogen-bond donors (Lipinski definition) is 0. The smallest absolute Gasteiger partial charge is 0.151 e. The van der Waals surface area contributed by atoms with Crippen LogP contribution >= 0.6 is 11.3 Å². The van der Waals surface area contributed by atoms with Gasteiger partial charge in [0.05, 0.1) is 0 Å². The van der Waals surface area contributed by atoms with Gasteiger partial charge in [-0.15, -0.1) is 11.3 Å². The molecule has 27 heavy (non-hydrogen) atoms. The van der Waals surface area contributed by atoms with Crippen LogP contribution in [-0.4, -0.2) is 34.2 Å². The average molecular weight is 403 g/mol. The molecule has 3 aromatic heterocycles. The van der Waals surface area contributed by atoms with Crippen LogP contribution in [0.3, 0.4) is 0 Å². The van der Waals surface area contributed by atoms with Crippen LogP contribution in [0, 0.1) is 5.82 Å². The number of aromatic nitrogens is 4. The Morgan fingerprint density at radius 3 is 2.67 bits per heavy atom. The molecular weight excluding hydrogens is 379 g/mol. The first kappa shape index (κ1) is 18.3. The molecule has 0 amide bonds. The molecule has 0 bridgehead atoms. The molecule has 0 atom stereocenters. The van der Waals surface area contributed by atoms with Crippen LogP contribution in [0.5, 0.6) is 0 Å². The molecule has 8 heteroatoms. The fraction of sp³-hybridized carbons (Fsp3) is 0.368. The van der Waals surface area contributed by atoms with E-state index in [2.05, 4.69) is 35.9 Å². The Bertz CT molecular complexity index is 1080. The monoisotopic (exact) mass is 402 g/mol. The van der Waals surface area contributed by atoms with Crippen molar-refractivity contribution in [1.29, 1.82) is 0 Å². The van der Waals surface area contributed by atoms with Crippen molar-refractivity contribution < 1.29 is 9.13 Å². The highest BCUT2D eigenvalue weighted by Crippen LogP contribution is 2.35. The van der Waals surface area contributed by atoms with E-state index >= 15 is 0 Å². The van der Waals surface area contributed by atoms with E-state index in [1.54, 1.807) is 29.1 Å². The zero-order valence-electron chi connectivity index (χ0n) is 16.0. The zero-order chi connectivity index (χ0) is 19.2. The van der Waals surface area contributed by atoms with Gasteiger partial charge in [-0.1, -0.05) is 19.6 Å². The molecule has 4 aromatic rings. The summed E-state index contributed by atoms with van der Waals surface area (Å²) < 4.78 is 23.6. The minimum Gasteiger partial charge on any atom is -0.360 e. The summed E-state index contributed by atoms with van der Waals surface area (Å²) in [4.78, 5) is 1.94. The van der Waals surface area contributed by atoms with E-state index in [9.17, 15) is 4.39 Å². The van der Waals surface area contributed by atoms with Crippen molar-refractivity contribution in [2.75, 3.05) is 6.61 Å². The van der Waals surface area contributed by atoms with Crippen LogP contribution in [0.1, 0.15) is 0 Å². The van der Waals surface area contributed by atoms with Gasteiger partial charge in [-0.3, -0.25) is 4.68 Å². The van der Waals surface area contributed by atoms with Crippen molar-refractivity contribution in [2.24, 2.45) is 7.05 Å². The van der Waals surface area contributed by atoms with E-state index < -0.39 is 8.07 Å². The maximum absolute atomic E-state index is 14.3. The maximum atomic E-state index is 14.3. The quantitative estimate of drug-likeness (QED) is 0.333. The Morgan fingerprint density at radius 2 is 1.93 bits per heavy atom. The summed E-state index contributed by atoms with van der Waals surface area (Å²) in [5.41, 5.74) is 1.26. The van der Waals surface area contributed by atoms with E-state index in [1.165, 1.54) is 0 Å². The lowest BCUT2D eigenvalue weighted by Crippen LogP contribution is -2.22. The molecule has 0 saturated heterocycles. The standard InChI is InChI=1S/C19H23FN4OSSi/c1-23-10-14-7-13(8-16(20)18(14)21-23)17-9-15-11-24(22-19(15)26-17)12-25-5-6-27(2,3)4/h7-11H,5-6,12H2,1-4H3. The minimum absolute atomic E-state index is 0.296. The predicted octanol–water partition coefficient (Wildman–Crippen LogP) is 5.10. The van der Waals surface area contributed by atoms with Crippen LogP contribution in [-0.2, 0) is 18.5 Å². The van der Waals surface area contributed by atoms with Crippen LogP contribution in [0.25, 0.3) is 31.6 Å². The topological polar surface area (TPSA) is 44.9 Å². The lowest BCUT2D eigenvalue weighted by Gasteiger charge is -2.15. The van der Waals surface area contributed by atoms with E-state index in [0.29, 0.717) is 12.2 Å². The summed E-state index contributed by atoms with van der Waals surface area (Å²) in [5, 5.41) is 10.6. The van der Waals surface area contributed by atoms with Gasteiger partial charge in [0.2, 0.25) is 0 Å². The van der Waals surface area contributed by atoms with Crippen molar-refractivity contribution in [3.63, 3.8) is 0 Å². The number of aryl methyl sites for hydroxylation is 1. The van der Waals surface area contributed by atoms with Gasteiger partial charge in [0, 0.05) is 49.8 Å². The largest absolute Gasteiger partial charge is 0.360 e. The van der Waals surface area contributed by atoms with Crippen molar-refractivity contribution in [2.45, 2.75) is 32.4 Å². The van der Waals surface area contributed by atoms with Gasteiger partial charge in [-0.25, -0.2) is 9.07 Å². The fourth-order valence-electron chi connectivity index (χ4n) is 2.97. The molecule has 0 aliphatic carbocycles. The second-order valence-corrected chi connectivity index (χ2v) is 14.7. The van der Waals surface area contributed by atoms with Gasteiger partial charge in [-0.2, -0.15) is 10.2 Å². The van der Waals surface area contributed by atoms with Crippen LogP contribution in [0.2, 0.25) is 25.7 Å². The lowest BCUT2D eigenvalue weighted by molar-refractivity contribution is 0.0791. The van der Waals surface area contributed by atoms with Crippen molar-refractivity contribution in [1.82, 2.24) is 19.6 Å². The third-order valence-corrected chi connectivity index (χ3v) is 7.22. The van der Waals surface area contributed by atoms with E-state index in [1.807, 2.05) is 23.1 Å². The second-order valence-electron chi connectivity index (χ2n) is 8.09. The molecule has 0 aliphatic rings. The van der Waals surface area contributed by atoms with Crippen LogP contribution < -0.4 is 0 Å². The molecule has 0 fully saturated rings. The van der Waals surface area contributed by atoms with Crippen molar-refractivity contribution in [3.05, 3.63) is 36.4 Å². The number of nitrogens with zero attached hydrogens (tertiary/aromatic N) is 4. The Kier molecular flexibility index (Phi) is 4.65. The Hall–Kier alpha value is -2.03. The summed E-state index contributed by atoms with van der Waals surface area (Å²) >= 11 is 1.56. The number of halogens is 1. The summed E-state index contributed by atoms with van der Waals surface area (Å²) in [6.45, 7) is 8.27. The first-order chi connectivity index (χ1) is 12.8. The maximum Gasteiger partial charge on any atom is 0.151 e. The number of hydrogen-bond acceptors (Lipinski definition) is 4. The molecule has 0 unspecified atom stereocenters. The molecule has 1 aromatic carbocycles. The first-order valence-corrected chi connectivity index (χ1v) is 13.5. The van der Waals surface area contributed by atoms with E-state index in [0.717, 1.165) is 38.7 Å². The SMILES string of the molecule is Cn1cc2cc(-c3cc4cn(COCC[Si](C)(C)C)nc4s3)cc(F)c2n1. The van der Waals surface area contributed by atoms with Gasteiger partial charge in [0.1, 0.15) is 17.1 Å². The van der Waals surface area contributed by atoms with Crippen LogP contribution in [0.4, 0.5) is 4.39 Å². The molecule has 0 aliphatic heterocycles. The van der Waals surface area contributed by atoms with E-state index in [4.69, 9.17) is 4.74 Å². The van der Waals surface area contributed by atoms with Gasteiger partial charge >= 0.3 is 0 Å². The number of ether oxygens (including phenoxy) is 1. The highest BCUT2D eigenvalue weighted by atomic mass is 32.1. The summed E-state index contributed by atoms with van der Waals surface area (Å²) in [6.07, 6.45) is 3.82. The molecule has 3 heterocycles. The molecule has 142 valence electrons.